The minimum atomic E-state index is 0.449. The lowest BCUT2D eigenvalue weighted by molar-refractivity contribution is 0.202. The molecular formula is C15H21N3O. The van der Waals surface area contributed by atoms with Crippen LogP contribution in [0.3, 0.4) is 0 Å². The van der Waals surface area contributed by atoms with E-state index < -0.39 is 0 Å². The Hall–Kier alpha value is -1.55. The fourth-order valence-electron chi connectivity index (χ4n) is 3.05. The Kier molecular flexibility index (Phi) is 3.19. The van der Waals surface area contributed by atoms with Crippen molar-refractivity contribution in [2.75, 3.05) is 13.7 Å². The number of aromatic nitrogens is 2. The van der Waals surface area contributed by atoms with Gasteiger partial charge in [-0.15, -0.1) is 0 Å². The van der Waals surface area contributed by atoms with Gasteiger partial charge in [-0.05, 0) is 45.4 Å². The maximum absolute atomic E-state index is 5.38. The van der Waals surface area contributed by atoms with Gasteiger partial charge in [0.2, 0.25) is 0 Å². The van der Waals surface area contributed by atoms with E-state index in [9.17, 15) is 0 Å². The second-order valence-electron chi connectivity index (χ2n) is 5.46. The molecule has 3 rings (SSSR count). The van der Waals surface area contributed by atoms with E-state index in [1.165, 1.54) is 19.4 Å². The molecule has 1 atom stereocenters. The van der Waals surface area contributed by atoms with Crippen LogP contribution in [0.5, 0.6) is 5.75 Å². The average Bonchev–Trinajstić information content (AvgIpc) is 3.03. The summed E-state index contributed by atoms with van der Waals surface area (Å²) in [5.74, 6) is 0.836. The summed E-state index contributed by atoms with van der Waals surface area (Å²) in [5.41, 5.74) is 2.08. The third-order valence-electron chi connectivity index (χ3n) is 3.98. The zero-order valence-electron chi connectivity index (χ0n) is 11.8. The van der Waals surface area contributed by atoms with Gasteiger partial charge in [-0.3, -0.25) is 4.90 Å². The van der Waals surface area contributed by atoms with Crippen molar-refractivity contribution in [3.8, 4) is 5.75 Å². The first-order chi connectivity index (χ1) is 9.20. The molecule has 1 unspecified atom stereocenters. The van der Waals surface area contributed by atoms with Crippen LogP contribution in [-0.4, -0.2) is 34.0 Å². The zero-order chi connectivity index (χ0) is 13.4. The second-order valence-corrected chi connectivity index (χ2v) is 5.46. The lowest BCUT2D eigenvalue weighted by Crippen LogP contribution is -2.30. The van der Waals surface area contributed by atoms with Gasteiger partial charge >= 0.3 is 0 Å². The Balaban J connectivity index is 2.01. The third kappa shape index (κ3) is 2.10. The summed E-state index contributed by atoms with van der Waals surface area (Å²) in [7, 11) is 1.69. The van der Waals surface area contributed by atoms with Crippen LogP contribution in [0.1, 0.15) is 38.4 Å². The molecule has 0 aliphatic carbocycles. The van der Waals surface area contributed by atoms with Crippen LogP contribution in [0.25, 0.3) is 5.65 Å². The van der Waals surface area contributed by atoms with E-state index in [-0.39, 0.29) is 0 Å². The first kappa shape index (κ1) is 12.5. The molecule has 0 N–H and O–H groups in total. The van der Waals surface area contributed by atoms with Crippen LogP contribution in [0, 0.1) is 0 Å². The van der Waals surface area contributed by atoms with Gasteiger partial charge in [0.1, 0.15) is 0 Å². The van der Waals surface area contributed by atoms with E-state index >= 15 is 0 Å². The largest absolute Gasteiger partial charge is 0.493 e. The highest BCUT2D eigenvalue weighted by Crippen LogP contribution is 2.33. The molecule has 3 heterocycles. The first-order valence-electron chi connectivity index (χ1n) is 6.98. The minimum Gasteiger partial charge on any atom is -0.493 e. The maximum Gasteiger partial charge on any atom is 0.179 e. The van der Waals surface area contributed by atoms with Crippen LogP contribution >= 0.6 is 0 Å². The summed E-state index contributed by atoms with van der Waals surface area (Å²) in [6, 6.07) is 4.97. The Bertz CT molecular complexity index is 576. The fourth-order valence-corrected chi connectivity index (χ4v) is 3.05. The SMILES string of the molecule is COc1cccn2cc(C3CCCN3C(C)C)nc12. The molecule has 4 heteroatoms. The molecular weight excluding hydrogens is 238 g/mol. The van der Waals surface area contributed by atoms with E-state index in [0.717, 1.165) is 17.1 Å². The van der Waals surface area contributed by atoms with E-state index in [2.05, 4.69) is 29.3 Å². The summed E-state index contributed by atoms with van der Waals surface area (Å²) in [4.78, 5) is 7.33. The molecule has 4 nitrogen and oxygen atoms in total. The van der Waals surface area contributed by atoms with Crippen molar-refractivity contribution in [2.24, 2.45) is 0 Å². The summed E-state index contributed by atoms with van der Waals surface area (Å²) >= 11 is 0. The third-order valence-corrected chi connectivity index (χ3v) is 3.98. The van der Waals surface area contributed by atoms with Gasteiger partial charge in [0.25, 0.3) is 0 Å². The van der Waals surface area contributed by atoms with E-state index in [1.54, 1.807) is 7.11 Å². The smallest absolute Gasteiger partial charge is 0.179 e. The van der Waals surface area contributed by atoms with Crippen LogP contribution in [0.4, 0.5) is 0 Å². The van der Waals surface area contributed by atoms with Crippen LogP contribution in [0.2, 0.25) is 0 Å². The average molecular weight is 259 g/mol. The fraction of sp³-hybridized carbons (Fsp3) is 0.533. The van der Waals surface area contributed by atoms with Gasteiger partial charge in [0.05, 0.1) is 18.8 Å². The summed E-state index contributed by atoms with van der Waals surface area (Å²) in [6.45, 7) is 5.69. The van der Waals surface area contributed by atoms with Crippen molar-refractivity contribution in [3.05, 3.63) is 30.2 Å². The number of rotatable bonds is 3. The van der Waals surface area contributed by atoms with Crippen molar-refractivity contribution in [3.63, 3.8) is 0 Å². The van der Waals surface area contributed by atoms with Crippen molar-refractivity contribution < 1.29 is 4.74 Å². The first-order valence-corrected chi connectivity index (χ1v) is 6.98. The van der Waals surface area contributed by atoms with E-state index in [0.29, 0.717) is 12.1 Å². The van der Waals surface area contributed by atoms with Crippen molar-refractivity contribution in [1.29, 1.82) is 0 Å². The number of pyridine rings is 1. The van der Waals surface area contributed by atoms with Crippen LogP contribution in [0.15, 0.2) is 24.5 Å². The highest BCUT2D eigenvalue weighted by Gasteiger charge is 2.29. The van der Waals surface area contributed by atoms with Gasteiger partial charge in [-0.25, -0.2) is 4.98 Å². The van der Waals surface area contributed by atoms with Crippen LogP contribution in [-0.2, 0) is 0 Å². The number of likely N-dealkylation sites (tertiary alicyclic amines) is 1. The number of imidazole rings is 1. The number of hydrogen-bond acceptors (Lipinski definition) is 3. The number of ether oxygens (including phenoxy) is 1. The van der Waals surface area contributed by atoms with E-state index in [1.807, 2.05) is 18.3 Å². The predicted octanol–water partition coefficient (Wildman–Crippen LogP) is 2.89. The van der Waals surface area contributed by atoms with E-state index in [4.69, 9.17) is 9.72 Å². The highest BCUT2D eigenvalue weighted by molar-refractivity contribution is 5.54. The van der Waals surface area contributed by atoms with Gasteiger partial charge in [-0.1, -0.05) is 0 Å². The standard InChI is InChI=1S/C15H21N3O/c1-11(2)18-9-4-6-13(18)12-10-17-8-5-7-14(19-3)15(17)16-12/h5,7-8,10-11,13H,4,6,9H2,1-3H3. The molecule has 0 bridgehead atoms. The highest BCUT2D eigenvalue weighted by atomic mass is 16.5. The Morgan fingerprint density at radius 3 is 3.00 bits per heavy atom. The number of fused-ring (bicyclic) bond motifs is 1. The second kappa shape index (κ2) is 4.85. The molecule has 2 aromatic rings. The van der Waals surface area contributed by atoms with Gasteiger partial charge in [0, 0.05) is 18.4 Å². The predicted molar refractivity (Wildman–Crippen MR) is 75.6 cm³/mol. The molecule has 2 aromatic heterocycles. The number of hydrogen-bond donors (Lipinski definition) is 0. The molecule has 19 heavy (non-hydrogen) atoms. The zero-order valence-corrected chi connectivity index (χ0v) is 11.8. The topological polar surface area (TPSA) is 29.8 Å². The summed E-state index contributed by atoms with van der Waals surface area (Å²) in [6.07, 6.45) is 6.63. The molecule has 1 fully saturated rings. The van der Waals surface area contributed by atoms with Crippen molar-refractivity contribution in [1.82, 2.24) is 14.3 Å². The molecule has 1 aliphatic heterocycles. The van der Waals surface area contributed by atoms with Gasteiger partial charge in [0.15, 0.2) is 11.4 Å². The lowest BCUT2D eigenvalue weighted by atomic mass is 10.1. The molecule has 0 aromatic carbocycles. The number of nitrogens with zero attached hydrogens (tertiary/aromatic N) is 3. The molecule has 0 radical (unpaired) electrons. The quantitative estimate of drug-likeness (QED) is 0.849. The molecule has 102 valence electrons. The van der Waals surface area contributed by atoms with Crippen molar-refractivity contribution in [2.45, 2.75) is 38.8 Å². The molecule has 0 amide bonds. The molecule has 0 saturated carbocycles. The molecule has 1 aliphatic rings. The van der Waals surface area contributed by atoms with Gasteiger partial charge < -0.3 is 9.14 Å². The summed E-state index contributed by atoms with van der Waals surface area (Å²) in [5, 5.41) is 0. The Labute approximate surface area is 114 Å². The lowest BCUT2D eigenvalue weighted by Gasteiger charge is -2.26. The summed E-state index contributed by atoms with van der Waals surface area (Å²) < 4.78 is 7.44. The maximum atomic E-state index is 5.38. The Morgan fingerprint density at radius 2 is 2.26 bits per heavy atom. The monoisotopic (exact) mass is 259 g/mol. The molecule has 1 saturated heterocycles. The van der Waals surface area contributed by atoms with Gasteiger partial charge in [-0.2, -0.15) is 0 Å². The van der Waals surface area contributed by atoms with Crippen molar-refractivity contribution >= 4 is 5.65 Å². The number of methoxy groups -OCH3 is 1. The molecule has 0 spiro atoms. The normalized spacial score (nSPS) is 20.5. The van der Waals surface area contributed by atoms with Crippen LogP contribution < -0.4 is 4.74 Å². The Morgan fingerprint density at radius 1 is 1.42 bits per heavy atom. The minimum absolute atomic E-state index is 0.449.